The molecule has 0 amide bonds. The van der Waals surface area contributed by atoms with E-state index in [9.17, 15) is 0 Å². The van der Waals surface area contributed by atoms with Gasteiger partial charge in [0, 0.05) is 5.56 Å². The smallest absolute Gasteiger partial charge is 0.00843 e. The maximum absolute atomic E-state index is 3.17. The molecule has 1 aromatic carbocycles. The van der Waals surface area contributed by atoms with E-state index in [2.05, 4.69) is 25.1 Å². The van der Waals surface area contributed by atoms with E-state index < -0.39 is 0 Å². The SMILES string of the molecule is CC1CCc2ccc#cc21. The number of hydrogen-bond acceptors (Lipinski definition) is 0. The maximum atomic E-state index is 3.17. The van der Waals surface area contributed by atoms with Gasteiger partial charge in [-0.2, -0.15) is 0 Å². The lowest BCUT2D eigenvalue weighted by Gasteiger charge is -1.97. The third kappa shape index (κ3) is 0.708. The van der Waals surface area contributed by atoms with Crippen LogP contribution in [-0.4, -0.2) is 0 Å². The Bertz CT molecular complexity index is 238. The second-order valence-electron chi connectivity index (χ2n) is 2.98. The molecule has 50 valence electrons. The van der Waals surface area contributed by atoms with Crippen LogP contribution in [0.2, 0.25) is 0 Å². The Hall–Kier alpha value is -0.960. The summed E-state index contributed by atoms with van der Waals surface area (Å²) in [6.45, 7) is 2.26. The molecule has 1 aliphatic rings. The third-order valence-corrected chi connectivity index (χ3v) is 2.26. The quantitative estimate of drug-likeness (QED) is 0.505. The Kier molecular flexibility index (Phi) is 1.17. The molecule has 0 heteroatoms. The zero-order valence-electron chi connectivity index (χ0n) is 6.15. The molecule has 0 fully saturated rings. The van der Waals surface area contributed by atoms with Crippen molar-refractivity contribution in [3.05, 3.63) is 35.4 Å². The van der Waals surface area contributed by atoms with Crippen molar-refractivity contribution >= 4 is 0 Å². The van der Waals surface area contributed by atoms with Crippen molar-refractivity contribution in [3.63, 3.8) is 0 Å². The molecular formula is C10H10. The predicted octanol–water partition coefficient (Wildman–Crippen LogP) is 2.34. The van der Waals surface area contributed by atoms with Gasteiger partial charge in [-0.25, -0.2) is 0 Å². The monoisotopic (exact) mass is 130 g/mol. The summed E-state index contributed by atoms with van der Waals surface area (Å²) in [5.74, 6) is 0.715. The zero-order chi connectivity index (χ0) is 6.97. The first-order chi connectivity index (χ1) is 4.88. The summed E-state index contributed by atoms with van der Waals surface area (Å²) in [4.78, 5) is 0. The van der Waals surface area contributed by atoms with Crippen LogP contribution in [0.25, 0.3) is 0 Å². The van der Waals surface area contributed by atoms with Crippen LogP contribution in [0.1, 0.15) is 30.4 Å². The third-order valence-electron chi connectivity index (χ3n) is 2.26. The second kappa shape index (κ2) is 2.02. The second-order valence-corrected chi connectivity index (χ2v) is 2.98. The van der Waals surface area contributed by atoms with Crippen molar-refractivity contribution < 1.29 is 0 Å². The van der Waals surface area contributed by atoms with Crippen molar-refractivity contribution in [2.45, 2.75) is 25.7 Å². The highest BCUT2D eigenvalue weighted by Gasteiger charge is 2.16. The van der Waals surface area contributed by atoms with Gasteiger partial charge in [-0.05, 0) is 36.5 Å². The van der Waals surface area contributed by atoms with Gasteiger partial charge in [-0.3, -0.25) is 0 Å². The zero-order valence-corrected chi connectivity index (χ0v) is 6.15. The van der Waals surface area contributed by atoms with Gasteiger partial charge in [-0.15, -0.1) is 0 Å². The number of hydrogen-bond donors (Lipinski definition) is 0. The molecule has 0 nitrogen and oxygen atoms in total. The summed E-state index contributed by atoms with van der Waals surface area (Å²) in [5, 5.41) is 0. The van der Waals surface area contributed by atoms with Crippen LogP contribution < -0.4 is 0 Å². The fourth-order valence-corrected chi connectivity index (χ4v) is 1.61. The summed E-state index contributed by atoms with van der Waals surface area (Å²) < 4.78 is 0. The lowest BCUT2D eigenvalue weighted by molar-refractivity contribution is 0.747. The molecule has 1 atom stereocenters. The molecule has 1 aromatic rings. The van der Waals surface area contributed by atoms with E-state index in [0.717, 1.165) is 0 Å². The molecule has 0 saturated heterocycles. The summed E-state index contributed by atoms with van der Waals surface area (Å²) >= 11 is 0. The Morgan fingerprint density at radius 2 is 2.50 bits per heavy atom. The van der Waals surface area contributed by atoms with Crippen molar-refractivity contribution in [1.82, 2.24) is 0 Å². The lowest BCUT2D eigenvalue weighted by atomic mass is 10.1. The van der Waals surface area contributed by atoms with E-state index in [1.165, 1.54) is 24.0 Å². The summed E-state index contributed by atoms with van der Waals surface area (Å²) in [5.41, 5.74) is 2.87. The van der Waals surface area contributed by atoms with E-state index in [1.54, 1.807) is 0 Å². The highest BCUT2D eigenvalue weighted by molar-refractivity contribution is 5.30. The van der Waals surface area contributed by atoms with Crippen molar-refractivity contribution in [2.24, 2.45) is 0 Å². The van der Waals surface area contributed by atoms with Gasteiger partial charge >= 0.3 is 0 Å². The van der Waals surface area contributed by atoms with Crippen LogP contribution >= 0.6 is 0 Å². The van der Waals surface area contributed by atoms with E-state index >= 15 is 0 Å². The Balaban J connectivity index is 2.51. The molecule has 0 heterocycles. The molecule has 0 aromatic heterocycles. The Labute approximate surface area is 61.9 Å². The van der Waals surface area contributed by atoms with Gasteiger partial charge in [0.15, 0.2) is 0 Å². The Morgan fingerprint density at radius 1 is 1.60 bits per heavy atom. The average molecular weight is 130 g/mol. The predicted molar refractivity (Wildman–Crippen MR) is 40.9 cm³/mol. The number of aryl methyl sites for hydroxylation is 1. The lowest BCUT2D eigenvalue weighted by Crippen LogP contribution is -1.82. The highest BCUT2D eigenvalue weighted by Crippen LogP contribution is 2.30. The minimum Gasteiger partial charge on any atom is -0.0699 e. The molecule has 10 heavy (non-hydrogen) atoms. The highest BCUT2D eigenvalue weighted by atomic mass is 14.2. The largest absolute Gasteiger partial charge is 0.0699 e. The first kappa shape index (κ1) is 5.80. The first-order valence-electron chi connectivity index (χ1n) is 3.79. The van der Waals surface area contributed by atoms with Crippen molar-refractivity contribution in [2.75, 3.05) is 0 Å². The van der Waals surface area contributed by atoms with E-state index in [-0.39, 0.29) is 0 Å². The molecule has 0 saturated carbocycles. The molecule has 0 bridgehead atoms. The first-order valence-corrected chi connectivity index (χ1v) is 3.79. The van der Waals surface area contributed by atoms with Gasteiger partial charge in [0.25, 0.3) is 0 Å². The summed E-state index contributed by atoms with van der Waals surface area (Å²) in [6.07, 6.45) is 2.53. The van der Waals surface area contributed by atoms with Crippen molar-refractivity contribution in [3.8, 4) is 0 Å². The van der Waals surface area contributed by atoms with E-state index in [0.29, 0.717) is 5.92 Å². The minimum absolute atomic E-state index is 0.715. The van der Waals surface area contributed by atoms with Gasteiger partial charge in [0.1, 0.15) is 0 Å². The van der Waals surface area contributed by atoms with Crippen molar-refractivity contribution in [1.29, 1.82) is 0 Å². The van der Waals surface area contributed by atoms with Gasteiger partial charge in [0.2, 0.25) is 0 Å². The molecular weight excluding hydrogens is 120 g/mol. The summed E-state index contributed by atoms with van der Waals surface area (Å²) in [7, 11) is 0. The van der Waals surface area contributed by atoms with Crippen LogP contribution in [-0.2, 0) is 6.42 Å². The maximum Gasteiger partial charge on any atom is 0.00843 e. The van der Waals surface area contributed by atoms with Crippen LogP contribution in [0.5, 0.6) is 0 Å². The molecule has 0 aliphatic heterocycles. The van der Waals surface area contributed by atoms with Gasteiger partial charge in [-0.1, -0.05) is 19.1 Å². The van der Waals surface area contributed by atoms with E-state index in [1.807, 2.05) is 6.07 Å². The number of rotatable bonds is 0. The minimum atomic E-state index is 0.715. The fourth-order valence-electron chi connectivity index (χ4n) is 1.61. The molecule has 1 unspecified atom stereocenters. The average Bonchev–Trinajstić information content (AvgIpc) is 2.34. The van der Waals surface area contributed by atoms with Gasteiger partial charge < -0.3 is 0 Å². The normalized spacial score (nSPS) is 21.9. The fraction of sp³-hybridized carbons (Fsp3) is 0.400. The molecule has 0 spiro atoms. The van der Waals surface area contributed by atoms with E-state index in [4.69, 9.17) is 0 Å². The van der Waals surface area contributed by atoms with Crippen LogP contribution in [0.4, 0.5) is 0 Å². The topological polar surface area (TPSA) is 0 Å². The van der Waals surface area contributed by atoms with Crippen LogP contribution in [0, 0.1) is 12.1 Å². The number of fused-ring (bicyclic) bond motifs is 1. The Morgan fingerprint density at radius 3 is 3.30 bits per heavy atom. The van der Waals surface area contributed by atoms with Crippen LogP contribution in [0.15, 0.2) is 12.1 Å². The van der Waals surface area contributed by atoms with Gasteiger partial charge in [0.05, 0.1) is 0 Å². The summed E-state index contributed by atoms with van der Waals surface area (Å²) in [6, 6.07) is 10.3. The standard InChI is InChI=1S/C10H10/c1-8-6-7-9-4-2-3-5-10(8)9/h2,4,8H,6-7H2,1H3. The molecule has 0 N–H and O–H groups in total. The molecule has 0 radical (unpaired) electrons. The van der Waals surface area contributed by atoms with Crippen LogP contribution in [0.3, 0.4) is 0 Å². The molecule has 2 rings (SSSR count). The molecule has 1 aliphatic carbocycles.